The highest BCUT2D eigenvalue weighted by Gasteiger charge is 2.27. The lowest BCUT2D eigenvalue weighted by atomic mass is 9.97. The summed E-state index contributed by atoms with van der Waals surface area (Å²) in [6.45, 7) is 7.07. The Kier molecular flexibility index (Phi) is 5.02. The fourth-order valence-corrected chi connectivity index (χ4v) is 1.88. The van der Waals surface area contributed by atoms with Crippen molar-refractivity contribution in [2.45, 2.75) is 26.2 Å². The molecule has 16 heavy (non-hydrogen) atoms. The van der Waals surface area contributed by atoms with Gasteiger partial charge in [0.2, 0.25) is 5.91 Å². The Morgan fingerprint density at radius 1 is 1.44 bits per heavy atom. The molecule has 4 heteroatoms. The number of piperidine rings is 1. The summed E-state index contributed by atoms with van der Waals surface area (Å²) in [5.74, 6) is -0.0663. The summed E-state index contributed by atoms with van der Waals surface area (Å²) in [5.41, 5.74) is 0. The summed E-state index contributed by atoms with van der Waals surface area (Å²) < 4.78 is 4.97. The molecule has 1 aliphatic heterocycles. The number of hydrogen-bond acceptors (Lipinski definition) is 3. The minimum atomic E-state index is -0.127. The van der Waals surface area contributed by atoms with Crippen molar-refractivity contribution in [2.75, 3.05) is 19.7 Å². The average Bonchev–Trinajstić information content (AvgIpc) is 2.30. The first-order valence-electron chi connectivity index (χ1n) is 5.74. The molecule has 0 aromatic heterocycles. The first-order valence-corrected chi connectivity index (χ1v) is 5.74. The second-order valence-corrected chi connectivity index (χ2v) is 3.90. The number of esters is 1. The number of carbonyl (C=O) groups excluding carboxylic acids is 2. The van der Waals surface area contributed by atoms with Crippen molar-refractivity contribution < 1.29 is 14.3 Å². The first kappa shape index (κ1) is 12.7. The van der Waals surface area contributed by atoms with Gasteiger partial charge in [0.25, 0.3) is 0 Å². The van der Waals surface area contributed by atoms with Crippen LogP contribution in [0, 0.1) is 5.92 Å². The lowest BCUT2D eigenvalue weighted by Gasteiger charge is -2.30. The molecule has 0 N–H and O–H groups in total. The van der Waals surface area contributed by atoms with Crippen LogP contribution < -0.4 is 0 Å². The van der Waals surface area contributed by atoms with E-state index in [0.29, 0.717) is 39.0 Å². The van der Waals surface area contributed by atoms with Crippen LogP contribution in [0.3, 0.4) is 0 Å². The van der Waals surface area contributed by atoms with E-state index in [1.54, 1.807) is 17.9 Å². The quantitative estimate of drug-likeness (QED) is 0.536. The van der Waals surface area contributed by atoms with E-state index in [2.05, 4.69) is 6.58 Å². The number of hydrogen-bond donors (Lipinski definition) is 0. The molecule has 0 saturated carbocycles. The highest BCUT2D eigenvalue weighted by Crippen LogP contribution is 2.19. The Morgan fingerprint density at radius 2 is 2.06 bits per heavy atom. The maximum absolute atomic E-state index is 11.5. The van der Waals surface area contributed by atoms with Gasteiger partial charge in [-0.15, -0.1) is 6.58 Å². The molecular formula is C12H19NO3. The van der Waals surface area contributed by atoms with Gasteiger partial charge in [0, 0.05) is 19.5 Å². The van der Waals surface area contributed by atoms with Crippen molar-refractivity contribution in [3.8, 4) is 0 Å². The number of carbonyl (C=O) groups is 2. The Balaban J connectivity index is 2.36. The van der Waals surface area contributed by atoms with Crippen LogP contribution in [0.4, 0.5) is 0 Å². The van der Waals surface area contributed by atoms with Crippen LogP contribution in [0.15, 0.2) is 12.7 Å². The molecule has 4 nitrogen and oxygen atoms in total. The predicted molar refractivity (Wildman–Crippen MR) is 60.8 cm³/mol. The molecule has 1 fully saturated rings. The van der Waals surface area contributed by atoms with Gasteiger partial charge in [-0.2, -0.15) is 0 Å². The second kappa shape index (κ2) is 6.30. The van der Waals surface area contributed by atoms with Gasteiger partial charge in [-0.1, -0.05) is 6.08 Å². The maximum Gasteiger partial charge on any atom is 0.309 e. The molecule has 0 spiro atoms. The normalized spacial score (nSPS) is 16.9. The van der Waals surface area contributed by atoms with Gasteiger partial charge >= 0.3 is 5.97 Å². The third kappa shape index (κ3) is 3.36. The maximum atomic E-state index is 11.5. The van der Waals surface area contributed by atoms with Crippen molar-refractivity contribution >= 4 is 11.9 Å². The second-order valence-electron chi connectivity index (χ2n) is 3.90. The number of likely N-dealkylation sites (tertiary alicyclic amines) is 1. The summed E-state index contributed by atoms with van der Waals surface area (Å²) in [4.78, 5) is 24.8. The van der Waals surface area contributed by atoms with E-state index >= 15 is 0 Å². The SMILES string of the molecule is C=CCC(=O)N1CCC(C(=O)OCC)CC1. The molecule has 1 amide bonds. The predicted octanol–water partition coefficient (Wildman–Crippen LogP) is 1.36. The minimum Gasteiger partial charge on any atom is -0.466 e. The topological polar surface area (TPSA) is 46.6 Å². The Labute approximate surface area is 96.3 Å². The van der Waals surface area contributed by atoms with E-state index in [-0.39, 0.29) is 17.8 Å². The number of amides is 1. The average molecular weight is 225 g/mol. The van der Waals surface area contributed by atoms with Gasteiger partial charge in [-0.25, -0.2) is 0 Å². The molecule has 1 aliphatic rings. The van der Waals surface area contributed by atoms with Gasteiger partial charge in [0.15, 0.2) is 0 Å². The Morgan fingerprint density at radius 3 is 2.56 bits per heavy atom. The van der Waals surface area contributed by atoms with Gasteiger partial charge in [-0.3, -0.25) is 9.59 Å². The van der Waals surface area contributed by atoms with E-state index < -0.39 is 0 Å². The van der Waals surface area contributed by atoms with Crippen LogP contribution in [0.1, 0.15) is 26.2 Å². The Hall–Kier alpha value is -1.32. The zero-order valence-corrected chi connectivity index (χ0v) is 9.78. The summed E-state index contributed by atoms with van der Waals surface area (Å²) in [5, 5.41) is 0. The molecule has 0 radical (unpaired) electrons. The van der Waals surface area contributed by atoms with Gasteiger partial charge < -0.3 is 9.64 Å². The largest absolute Gasteiger partial charge is 0.466 e. The first-order chi connectivity index (χ1) is 7.69. The zero-order valence-electron chi connectivity index (χ0n) is 9.78. The van der Waals surface area contributed by atoms with E-state index in [1.807, 2.05) is 0 Å². The standard InChI is InChI=1S/C12H19NO3/c1-3-5-11(14)13-8-6-10(7-9-13)12(15)16-4-2/h3,10H,1,4-9H2,2H3. The molecule has 0 aromatic carbocycles. The van der Waals surface area contributed by atoms with Crippen LogP contribution in [-0.2, 0) is 14.3 Å². The van der Waals surface area contributed by atoms with Crippen LogP contribution in [-0.4, -0.2) is 36.5 Å². The lowest BCUT2D eigenvalue weighted by molar-refractivity contribution is -0.151. The van der Waals surface area contributed by atoms with Crippen LogP contribution in [0.2, 0.25) is 0 Å². The molecule has 0 unspecified atom stereocenters. The summed E-state index contributed by atoms with van der Waals surface area (Å²) >= 11 is 0. The number of nitrogens with zero attached hydrogens (tertiary/aromatic N) is 1. The zero-order chi connectivity index (χ0) is 12.0. The summed E-state index contributed by atoms with van der Waals surface area (Å²) in [6, 6.07) is 0. The van der Waals surface area contributed by atoms with Crippen LogP contribution in [0.25, 0.3) is 0 Å². The van der Waals surface area contributed by atoms with Crippen molar-refractivity contribution in [2.24, 2.45) is 5.92 Å². The van der Waals surface area contributed by atoms with Crippen LogP contribution >= 0.6 is 0 Å². The van der Waals surface area contributed by atoms with Gasteiger partial charge in [-0.05, 0) is 19.8 Å². The van der Waals surface area contributed by atoms with Crippen molar-refractivity contribution in [1.29, 1.82) is 0 Å². The monoisotopic (exact) mass is 225 g/mol. The molecule has 0 atom stereocenters. The van der Waals surface area contributed by atoms with Crippen molar-refractivity contribution in [1.82, 2.24) is 4.90 Å². The number of ether oxygens (including phenoxy) is 1. The fraction of sp³-hybridized carbons (Fsp3) is 0.667. The van der Waals surface area contributed by atoms with E-state index in [4.69, 9.17) is 4.74 Å². The van der Waals surface area contributed by atoms with E-state index in [0.717, 1.165) is 0 Å². The molecule has 0 aromatic rings. The van der Waals surface area contributed by atoms with E-state index in [9.17, 15) is 9.59 Å². The van der Waals surface area contributed by atoms with Gasteiger partial charge in [0.05, 0.1) is 12.5 Å². The number of rotatable bonds is 4. The molecule has 0 aliphatic carbocycles. The molecule has 1 rings (SSSR count). The van der Waals surface area contributed by atoms with Gasteiger partial charge in [0.1, 0.15) is 0 Å². The fourth-order valence-electron chi connectivity index (χ4n) is 1.88. The van der Waals surface area contributed by atoms with Crippen molar-refractivity contribution in [3.63, 3.8) is 0 Å². The smallest absolute Gasteiger partial charge is 0.309 e. The molecule has 1 heterocycles. The highest BCUT2D eigenvalue weighted by atomic mass is 16.5. The van der Waals surface area contributed by atoms with Crippen LogP contribution in [0.5, 0.6) is 0 Å². The third-order valence-electron chi connectivity index (χ3n) is 2.79. The summed E-state index contributed by atoms with van der Waals surface area (Å²) in [7, 11) is 0. The summed E-state index contributed by atoms with van der Waals surface area (Å²) in [6.07, 6.45) is 3.41. The third-order valence-corrected chi connectivity index (χ3v) is 2.79. The minimum absolute atomic E-state index is 0.0345. The molecule has 1 saturated heterocycles. The van der Waals surface area contributed by atoms with E-state index in [1.165, 1.54) is 0 Å². The lowest BCUT2D eigenvalue weighted by Crippen LogP contribution is -2.40. The molecule has 90 valence electrons. The highest BCUT2D eigenvalue weighted by molar-refractivity contribution is 5.78. The Bertz CT molecular complexity index is 267. The molecule has 0 bridgehead atoms. The molecular weight excluding hydrogens is 206 g/mol. The van der Waals surface area contributed by atoms with Crippen molar-refractivity contribution in [3.05, 3.63) is 12.7 Å².